The number of thiocarbonyl (C=S) groups is 1. The first-order valence-electron chi connectivity index (χ1n) is 6.79. The van der Waals surface area contributed by atoms with Gasteiger partial charge in [-0.05, 0) is 54.4 Å². The molecule has 4 nitrogen and oxygen atoms in total. The number of carbonyl (C=O) groups is 2. The van der Waals surface area contributed by atoms with Gasteiger partial charge in [0.25, 0.3) is 11.8 Å². The molecule has 1 aliphatic rings. The number of thiophene rings is 1. The number of nitrogens with zero attached hydrogens (tertiary/aromatic N) is 1. The molecule has 122 valence electrons. The molecule has 1 aromatic heterocycles. The van der Waals surface area contributed by atoms with Gasteiger partial charge in [-0.3, -0.25) is 19.8 Å². The highest BCUT2D eigenvalue weighted by Gasteiger charge is 2.35. The molecular formula is C16H10Cl2N2O2S2. The number of anilines is 1. The van der Waals surface area contributed by atoms with Gasteiger partial charge in [-0.15, -0.1) is 11.3 Å². The van der Waals surface area contributed by atoms with Gasteiger partial charge in [0, 0.05) is 4.88 Å². The summed E-state index contributed by atoms with van der Waals surface area (Å²) in [7, 11) is 0. The van der Waals surface area contributed by atoms with Crippen molar-refractivity contribution in [3.05, 3.63) is 55.7 Å². The summed E-state index contributed by atoms with van der Waals surface area (Å²) >= 11 is 18.8. The van der Waals surface area contributed by atoms with Crippen LogP contribution in [0.15, 0.2) is 35.2 Å². The van der Waals surface area contributed by atoms with E-state index in [1.807, 2.05) is 18.4 Å². The lowest BCUT2D eigenvalue weighted by molar-refractivity contribution is -0.122. The van der Waals surface area contributed by atoms with Crippen molar-refractivity contribution in [2.45, 2.75) is 6.92 Å². The Morgan fingerprint density at radius 2 is 2.00 bits per heavy atom. The normalized spacial score (nSPS) is 16.7. The van der Waals surface area contributed by atoms with E-state index in [9.17, 15) is 9.59 Å². The molecule has 2 amide bonds. The van der Waals surface area contributed by atoms with E-state index in [0.29, 0.717) is 10.7 Å². The Hall–Kier alpha value is -1.73. The SMILES string of the molecule is Cc1ccsc1/C=C1/C(=O)NC(=S)N(c2cccc(Cl)c2Cl)C1=O. The molecule has 0 unspecified atom stereocenters. The number of hydrogen-bond acceptors (Lipinski definition) is 4. The standard InChI is InChI=1S/C16H10Cl2N2O2S2/c1-8-5-6-24-12(8)7-9-14(21)19-16(23)20(15(9)22)11-4-2-3-10(17)13(11)18/h2-7H,1H3,(H,19,21,23)/b9-7-. The Bertz CT molecular complexity index is 905. The van der Waals surface area contributed by atoms with Crippen molar-refractivity contribution < 1.29 is 9.59 Å². The van der Waals surface area contributed by atoms with Crippen LogP contribution in [0.2, 0.25) is 10.0 Å². The molecule has 1 N–H and O–H groups in total. The van der Waals surface area contributed by atoms with Crippen LogP contribution in [0.5, 0.6) is 0 Å². The zero-order valence-corrected chi connectivity index (χ0v) is 15.4. The van der Waals surface area contributed by atoms with Gasteiger partial charge in [0.05, 0.1) is 15.7 Å². The fraction of sp³-hybridized carbons (Fsp3) is 0.0625. The molecule has 0 saturated carbocycles. The van der Waals surface area contributed by atoms with Crippen LogP contribution in [0.1, 0.15) is 10.4 Å². The molecule has 1 aliphatic heterocycles. The Morgan fingerprint density at radius 1 is 1.25 bits per heavy atom. The van der Waals surface area contributed by atoms with E-state index in [0.717, 1.165) is 10.4 Å². The smallest absolute Gasteiger partial charge is 0.270 e. The predicted octanol–water partition coefficient (Wildman–Crippen LogP) is 4.19. The number of halogens is 2. The Kier molecular flexibility index (Phi) is 4.73. The third kappa shape index (κ3) is 2.98. The largest absolute Gasteiger partial charge is 0.298 e. The van der Waals surface area contributed by atoms with E-state index in [-0.39, 0.29) is 15.7 Å². The Balaban J connectivity index is 2.09. The average Bonchev–Trinajstić information content (AvgIpc) is 2.93. The Morgan fingerprint density at radius 3 is 2.67 bits per heavy atom. The second kappa shape index (κ2) is 6.64. The van der Waals surface area contributed by atoms with Crippen LogP contribution in [0.25, 0.3) is 6.08 Å². The molecule has 2 aromatic rings. The summed E-state index contributed by atoms with van der Waals surface area (Å²) in [6.45, 7) is 1.91. The highest BCUT2D eigenvalue weighted by atomic mass is 35.5. The van der Waals surface area contributed by atoms with Crippen LogP contribution < -0.4 is 10.2 Å². The van der Waals surface area contributed by atoms with Crippen molar-refractivity contribution >= 4 is 75.4 Å². The molecule has 1 aromatic carbocycles. The van der Waals surface area contributed by atoms with E-state index in [1.54, 1.807) is 24.3 Å². The lowest BCUT2D eigenvalue weighted by Crippen LogP contribution is -2.54. The first kappa shape index (κ1) is 17.1. The van der Waals surface area contributed by atoms with E-state index < -0.39 is 11.8 Å². The summed E-state index contributed by atoms with van der Waals surface area (Å²) in [5.74, 6) is -1.08. The van der Waals surface area contributed by atoms with Crippen molar-refractivity contribution in [2.24, 2.45) is 0 Å². The third-order valence-corrected chi connectivity index (χ3v) is 5.51. The number of nitrogens with one attached hydrogen (secondary N) is 1. The number of rotatable bonds is 2. The zero-order valence-electron chi connectivity index (χ0n) is 12.3. The van der Waals surface area contributed by atoms with Gasteiger partial charge in [0.2, 0.25) is 0 Å². The number of carbonyl (C=O) groups excluding carboxylic acids is 2. The number of amides is 2. The van der Waals surface area contributed by atoms with Gasteiger partial charge in [-0.2, -0.15) is 0 Å². The summed E-state index contributed by atoms with van der Waals surface area (Å²) in [6, 6.07) is 6.79. The van der Waals surface area contributed by atoms with E-state index in [1.165, 1.54) is 16.2 Å². The number of aryl methyl sites for hydroxylation is 1. The van der Waals surface area contributed by atoms with E-state index >= 15 is 0 Å². The molecular weight excluding hydrogens is 387 g/mol. The third-order valence-electron chi connectivity index (χ3n) is 3.45. The van der Waals surface area contributed by atoms with Crippen molar-refractivity contribution in [3.8, 4) is 0 Å². The second-order valence-corrected chi connectivity index (χ2v) is 7.12. The molecule has 3 rings (SSSR count). The minimum atomic E-state index is -0.541. The highest BCUT2D eigenvalue weighted by molar-refractivity contribution is 7.80. The van der Waals surface area contributed by atoms with Gasteiger partial charge in [-0.1, -0.05) is 29.3 Å². The maximum atomic E-state index is 12.9. The number of hydrogen-bond donors (Lipinski definition) is 1. The zero-order chi connectivity index (χ0) is 17.4. The molecule has 0 aliphatic carbocycles. The van der Waals surface area contributed by atoms with Gasteiger partial charge < -0.3 is 0 Å². The fourth-order valence-electron chi connectivity index (χ4n) is 2.20. The molecule has 8 heteroatoms. The van der Waals surface area contributed by atoms with Crippen molar-refractivity contribution in [2.75, 3.05) is 4.90 Å². The molecule has 2 heterocycles. The van der Waals surface area contributed by atoms with Crippen LogP contribution in [0.4, 0.5) is 5.69 Å². The number of benzene rings is 1. The second-order valence-electron chi connectivity index (χ2n) is 5.00. The lowest BCUT2D eigenvalue weighted by atomic mass is 10.1. The topological polar surface area (TPSA) is 49.4 Å². The van der Waals surface area contributed by atoms with Crippen molar-refractivity contribution in [1.29, 1.82) is 0 Å². The minimum Gasteiger partial charge on any atom is -0.298 e. The molecule has 1 fully saturated rings. The van der Waals surface area contributed by atoms with Crippen molar-refractivity contribution in [3.63, 3.8) is 0 Å². The molecule has 0 bridgehead atoms. The monoisotopic (exact) mass is 396 g/mol. The molecule has 0 atom stereocenters. The van der Waals surface area contributed by atoms with Crippen LogP contribution in [-0.2, 0) is 9.59 Å². The minimum absolute atomic E-state index is 0.00908. The van der Waals surface area contributed by atoms with Gasteiger partial charge in [0.1, 0.15) is 5.57 Å². The van der Waals surface area contributed by atoms with Crippen LogP contribution in [0.3, 0.4) is 0 Å². The molecule has 0 radical (unpaired) electrons. The summed E-state index contributed by atoms with van der Waals surface area (Å²) in [5.41, 5.74) is 1.30. The molecule has 1 saturated heterocycles. The summed E-state index contributed by atoms with van der Waals surface area (Å²) in [4.78, 5) is 27.1. The van der Waals surface area contributed by atoms with Crippen LogP contribution in [0, 0.1) is 6.92 Å². The highest BCUT2D eigenvalue weighted by Crippen LogP contribution is 2.34. The average molecular weight is 397 g/mol. The van der Waals surface area contributed by atoms with Crippen LogP contribution >= 0.6 is 46.8 Å². The van der Waals surface area contributed by atoms with Gasteiger partial charge >= 0.3 is 0 Å². The summed E-state index contributed by atoms with van der Waals surface area (Å²) in [5, 5.41) is 4.86. The maximum absolute atomic E-state index is 12.9. The lowest BCUT2D eigenvalue weighted by Gasteiger charge is -2.29. The first-order chi connectivity index (χ1) is 11.4. The quantitative estimate of drug-likeness (QED) is 0.470. The van der Waals surface area contributed by atoms with Gasteiger partial charge in [-0.25, -0.2) is 0 Å². The predicted molar refractivity (Wildman–Crippen MR) is 102 cm³/mol. The van der Waals surface area contributed by atoms with E-state index in [4.69, 9.17) is 35.4 Å². The molecule has 0 spiro atoms. The fourth-order valence-corrected chi connectivity index (χ4v) is 3.72. The summed E-state index contributed by atoms with van der Waals surface area (Å²) < 4.78 is 0. The summed E-state index contributed by atoms with van der Waals surface area (Å²) in [6.07, 6.45) is 1.56. The molecule has 24 heavy (non-hydrogen) atoms. The van der Waals surface area contributed by atoms with E-state index in [2.05, 4.69) is 5.32 Å². The van der Waals surface area contributed by atoms with Gasteiger partial charge in [0.15, 0.2) is 5.11 Å². The van der Waals surface area contributed by atoms with Crippen LogP contribution in [-0.4, -0.2) is 16.9 Å². The maximum Gasteiger partial charge on any atom is 0.270 e. The first-order valence-corrected chi connectivity index (χ1v) is 8.84. The van der Waals surface area contributed by atoms with Crippen molar-refractivity contribution in [1.82, 2.24) is 5.32 Å². The Labute approximate surface area is 157 Å².